The number of ketones is 1. The van der Waals surface area contributed by atoms with Crippen LogP contribution in [0, 0.1) is 11.8 Å². The van der Waals surface area contributed by atoms with E-state index in [-0.39, 0.29) is 18.1 Å². The van der Waals surface area contributed by atoms with Crippen molar-refractivity contribution in [3.63, 3.8) is 0 Å². The summed E-state index contributed by atoms with van der Waals surface area (Å²) in [6, 6.07) is 6.22. The molecular formula is C30H46N4O4. The summed E-state index contributed by atoms with van der Waals surface area (Å²) in [6.45, 7) is 5.93. The number of rotatable bonds is 9. The molecule has 2 N–H and O–H groups in total. The molecule has 4 rings (SSSR count). The minimum absolute atomic E-state index is 0.0486. The summed E-state index contributed by atoms with van der Waals surface area (Å²) in [7, 11) is 1.59. The van der Waals surface area contributed by atoms with Gasteiger partial charge in [-0.2, -0.15) is 0 Å². The van der Waals surface area contributed by atoms with Crippen molar-refractivity contribution in [1.29, 1.82) is 0 Å². The highest BCUT2D eigenvalue weighted by molar-refractivity contribution is 5.96. The van der Waals surface area contributed by atoms with Crippen LogP contribution < -0.4 is 15.4 Å². The summed E-state index contributed by atoms with van der Waals surface area (Å²) < 4.78 is 5.18. The SMILES string of the molecule is COc1ccc(NC(=O)NC(CC(=O)CC2CCC(C)CC2)C(=O)N2CCC(N3CCCCC3)CC2)cc1. The van der Waals surface area contributed by atoms with Gasteiger partial charge in [0.1, 0.15) is 17.6 Å². The number of carbonyl (C=O) groups excluding carboxylic acids is 3. The maximum absolute atomic E-state index is 13.6. The number of likely N-dealkylation sites (tertiary alicyclic amines) is 2. The summed E-state index contributed by atoms with van der Waals surface area (Å²) in [6.07, 6.45) is 10.7. The van der Waals surface area contributed by atoms with Gasteiger partial charge in [-0.05, 0) is 87.7 Å². The van der Waals surface area contributed by atoms with Gasteiger partial charge in [0, 0.05) is 37.7 Å². The van der Waals surface area contributed by atoms with Gasteiger partial charge in [0.15, 0.2) is 0 Å². The van der Waals surface area contributed by atoms with E-state index in [2.05, 4.69) is 22.5 Å². The van der Waals surface area contributed by atoms with Crippen LogP contribution in [0.2, 0.25) is 0 Å². The highest BCUT2D eigenvalue weighted by Gasteiger charge is 2.33. The third kappa shape index (κ3) is 8.19. The smallest absolute Gasteiger partial charge is 0.319 e. The second kappa shape index (κ2) is 14.0. The van der Waals surface area contributed by atoms with Crippen molar-refractivity contribution in [2.75, 3.05) is 38.6 Å². The minimum Gasteiger partial charge on any atom is -0.497 e. The number of anilines is 1. The molecule has 8 nitrogen and oxygen atoms in total. The summed E-state index contributed by atoms with van der Waals surface area (Å²) in [5.74, 6) is 1.74. The topological polar surface area (TPSA) is 91.0 Å². The van der Waals surface area contributed by atoms with Crippen LogP contribution in [0.25, 0.3) is 0 Å². The zero-order chi connectivity index (χ0) is 26.9. The largest absolute Gasteiger partial charge is 0.497 e. The van der Waals surface area contributed by atoms with Crippen LogP contribution in [0.4, 0.5) is 10.5 Å². The molecule has 2 saturated heterocycles. The molecule has 1 saturated carbocycles. The molecule has 38 heavy (non-hydrogen) atoms. The van der Waals surface area contributed by atoms with E-state index < -0.39 is 12.1 Å². The number of hydrogen-bond acceptors (Lipinski definition) is 5. The van der Waals surface area contributed by atoms with Gasteiger partial charge in [0.2, 0.25) is 5.91 Å². The number of piperidine rings is 2. The lowest BCUT2D eigenvalue weighted by Gasteiger charge is -2.41. The first-order chi connectivity index (χ1) is 18.4. The van der Waals surface area contributed by atoms with Crippen molar-refractivity contribution < 1.29 is 19.1 Å². The van der Waals surface area contributed by atoms with Gasteiger partial charge >= 0.3 is 6.03 Å². The Hall–Kier alpha value is -2.61. The number of benzene rings is 1. The third-order valence-corrected chi connectivity index (χ3v) is 8.72. The lowest BCUT2D eigenvalue weighted by molar-refractivity contribution is -0.137. The predicted molar refractivity (Wildman–Crippen MR) is 149 cm³/mol. The Morgan fingerprint density at radius 3 is 2.21 bits per heavy atom. The van der Waals surface area contributed by atoms with Gasteiger partial charge in [-0.25, -0.2) is 4.79 Å². The molecule has 8 heteroatoms. The van der Waals surface area contributed by atoms with Crippen molar-refractivity contribution in [3.05, 3.63) is 24.3 Å². The molecule has 0 bridgehead atoms. The fourth-order valence-corrected chi connectivity index (χ4v) is 6.32. The molecule has 1 atom stereocenters. The maximum atomic E-state index is 13.6. The highest BCUT2D eigenvalue weighted by Crippen LogP contribution is 2.31. The number of nitrogens with one attached hydrogen (secondary N) is 2. The first kappa shape index (κ1) is 28.4. The summed E-state index contributed by atoms with van der Waals surface area (Å²) in [5.41, 5.74) is 0.597. The van der Waals surface area contributed by atoms with Crippen LogP contribution in [0.5, 0.6) is 5.75 Å². The molecule has 0 aromatic heterocycles. The first-order valence-electron chi connectivity index (χ1n) is 14.7. The number of Topliss-reactive ketones (excluding diaryl/α,β-unsaturated/α-hetero) is 1. The monoisotopic (exact) mass is 526 g/mol. The molecule has 0 spiro atoms. The minimum atomic E-state index is -0.852. The quantitative estimate of drug-likeness (QED) is 0.481. The molecule has 210 valence electrons. The lowest BCUT2D eigenvalue weighted by atomic mass is 9.80. The summed E-state index contributed by atoms with van der Waals surface area (Å²) in [4.78, 5) is 44.0. The molecule has 2 aliphatic heterocycles. The van der Waals surface area contributed by atoms with E-state index in [0.717, 1.165) is 57.5 Å². The van der Waals surface area contributed by atoms with E-state index in [9.17, 15) is 14.4 Å². The molecule has 3 amide bonds. The average Bonchev–Trinajstić information content (AvgIpc) is 2.94. The van der Waals surface area contributed by atoms with Gasteiger partial charge in [0.25, 0.3) is 0 Å². The molecule has 1 aliphatic carbocycles. The van der Waals surface area contributed by atoms with Crippen molar-refractivity contribution >= 4 is 23.4 Å². The molecule has 3 aliphatic rings. The lowest BCUT2D eigenvalue weighted by Crippen LogP contribution is -2.54. The Morgan fingerprint density at radius 1 is 0.921 bits per heavy atom. The number of methoxy groups -OCH3 is 1. The molecule has 1 unspecified atom stereocenters. The number of hydrogen-bond donors (Lipinski definition) is 2. The van der Waals surface area contributed by atoms with Gasteiger partial charge in [-0.3, -0.25) is 9.59 Å². The van der Waals surface area contributed by atoms with Crippen LogP contribution in [-0.2, 0) is 9.59 Å². The Bertz CT molecular complexity index is 915. The normalized spacial score (nSPS) is 23.9. The van der Waals surface area contributed by atoms with Gasteiger partial charge in [-0.1, -0.05) is 26.2 Å². The van der Waals surface area contributed by atoms with Crippen molar-refractivity contribution in [2.24, 2.45) is 11.8 Å². The standard InChI is InChI=1S/C30H46N4O4/c1-22-6-8-23(9-7-22)20-26(35)21-28(32-30(37)31-24-10-12-27(38-2)13-11-24)29(36)34-18-14-25(15-19-34)33-16-4-3-5-17-33/h10-13,22-23,25,28H,3-9,14-21H2,1-2H3,(H2,31,32,37). The Balaban J connectivity index is 1.35. The van der Waals surface area contributed by atoms with Gasteiger partial charge in [-0.15, -0.1) is 0 Å². The van der Waals surface area contributed by atoms with Crippen LogP contribution >= 0.6 is 0 Å². The Morgan fingerprint density at radius 2 is 1.58 bits per heavy atom. The van der Waals surface area contributed by atoms with Gasteiger partial charge < -0.3 is 25.2 Å². The second-order valence-electron chi connectivity index (χ2n) is 11.6. The number of amides is 3. The fraction of sp³-hybridized carbons (Fsp3) is 0.700. The van der Waals surface area contributed by atoms with E-state index in [1.165, 1.54) is 19.3 Å². The number of nitrogens with zero attached hydrogens (tertiary/aromatic N) is 2. The van der Waals surface area contributed by atoms with Crippen LogP contribution in [-0.4, -0.2) is 72.9 Å². The molecule has 1 aromatic carbocycles. The predicted octanol–water partition coefficient (Wildman–Crippen LogP) is 4.84. The highest BCUT2D eigenvalue weighted by atomic mass is 16.5. The van der Waals surface area contributed by atoms with Crippen molar-refractivity contribution in [2.45, 2.75) is 89.6 Å². The fourth-order valence-electron chi connectivity index (χ4n) is 6.32. The number of urea groups is 1. The molecular weight excluding hydrogens is 480 g/mol. The van der Waals surface area contributed by atoms with Crippen LogP contribution in [0.3, 0.4) is 0 Å². The molecule has 2 heterocycles. The van der Waals surface area contributed by atoms with E-state index in [4.69, 9.17) is 4.74 Å². The Labute approximate surface area is 227 Å². The summed E-state index contributed by atoms with van der Waals surface area (Å²) in [5, 5.41) is 5.63. The zero-order valence-electron chi connectivity index (χ0n) is 23.3. The summed E-state index contributed by atoms with van der Waals surface area (Å²) >= 11 is 0. The van der Waals surface area contributed by atoms with E-state index in [1.807, 2.05) is 4.90 Å². The van der Waals surface area contributed by atoms with Crippen LogP contribution in [0.15, 0.2) is 24.3 Å². The third-order valence-electron chi connectivity index (χ3n) is 8.72. The molecule has 1 aromatic rings. The molecule has 3 fully saturated rings. The second-order valence-corrected chi connectivity index (χ2v) is 11.6. The Kier molecular flexibility index (Phi) is 10.4. The van der Waals surface area contributed by atoms with E-state index >= 15 is 0 Å². The van der Waals surface area contributed by atoms with Crippen molar-refractivity contribution in [3.8, 4) is 5.75 Å². The average molecular weight is 527 g/mol. The van der Waals surface area contributed by atoms with Crippen LogP contribution in [0.1, 0.15) is 77.6 Å². The van der Waals surface area contributed by atoms with E-state index in [1.54, 1.807) is 31.4 Å². The van der Waals surface area contributed by atoms with Gasteiger partial charge in [0.05, 0.1) is 7.11 Å². The first-order valence-corrected chi connectivity index (χ1v) is 14.7. The van der Waals surface area contributed by atoms with Crippen molar-refractivity contribution in [1.82, 2.24) is 15.1 Å². The zero-order valence-corrected chi connectivity index (χ0v) is 23.3. The molecule has 0 radical (unpaired) electrons. The maximum Gasteiger partial charge on any atom is 0.319 e. The number of carbonyl (C=O) groups is 3. The van der Waals surface area contributed by atoms with E-state index in [0.29, 0.717) is 42.9 Å². The number of ether oxygens (including phenoxy) is 1.